The number of ether oxygens (including phenoxy) is 4. The quantitative estimate of drug-likeness (QED) is 0.188. The van der Waals surface area contributed by atoms with Crippen LogP contribution < -0.4 is 0 Å². The van der Waals surface area contributed by atoms with Crippen molar-refractivity contribution >= 4 is 20.1 Å². The number of carbonyl (C=O) groups is 2. The zero-order valence-corrected chi connectivity index (χ0v) is 20.1. The van der Waals surface area contributed by atoms with Crippen molar-refractivity contribution in [3.8, 4) is 0 Å². The van der Waals surface area contributed by atoms with Crippen LogP contribution in [-0.2, 0) is 33.0 Å². The lowest BCUT2D eigenvalue weighted by atomic mass is 9.85. The lowest BCUT2D eigenvalue weighted by Crippen LogP contribution is -2.55. The van der Waals surface area contributed by atoms with Crippen LogP contribution in [0.15, 0.2) is 12.2 Å². The molecule has 0 bridgehead atoms. The Morgan fingerprint density at radius 1 is 1.30 bits per heavy atom. The van der Waals surface area contributed by atoms with Crippen LogP contribution in [0, 0.1) is 5.92 Å². The Bertz CT molecular complexity index is 677. The predicted octanol–water partition coefficient (Wildman–Crippen LogP) is 3.38. The molecule has 5 atom stereocenters. The van der Waals surface area contributed by atoms with Gasteiger partial charge in [0.2, 0.25) is 5.60 Å². The van der Waals surface area contributed by atoms with Crippen LogP contribution in [0.5, 0.6) is 0 Å². The minimum absolute atomic E-state index is 0.00975. The standard InChI is InChI=1S/C22H36O7Si/c1-15-17(28-15)10-11-18(23)22(29-19-9-7-8-12-25-19)16(13-26-20(22)24)14-27-30(5,6)21(2,3)4/h10-11,15-17,19H,7-9,12-14H2,1-6H3/b11-10+/t15-,16-,17+,19?,22+/m1/s1. The van der Waals surface area contributed by atoms with Crippen molar-refractivity contribution in [2.75, 3.05) is 19.8 Å². The van der Waals surface area contributed by atoms with Crippen molar-refractivity contribution in [2.45, 2.75) is 89.2 Å². The number of ketones is 1. The molecule has 3 heterocycles. The highest BCUT2D eigenvalue weighted by atomic mass is 28.4. The van der Waals surface area contributed by atoms with Gasteiger partial charge in [-0.1, -0.05) is 20.8 Å². The van der Waals surface area contributed by atoms with Gasteiger partial charge < -0.3 is 23.4 Å². The summed E-state index contributed by atoms with van der Waals surface area (Å²) in [7, 11) is -2.08. The summed E-state index contributed by atoms with van der Waals surface area (Å²) in [5, 5.41) is 0.00975. The number of hydrogen-bond donors (Lipinski definition) is 0. The first kappa shape index (κ1) is 23.6. The maximum atomic E-state index is 13.4. The van der Waals surface area contributed by atoms with E-state index in [2.05, 4.69) is 33.9 Å². The van der Waals surface area contributed by atoms with E-state index in [1.165, 1.54) is 6.08 Å². The number of rotatable bonds is 8. The van der Waals surface area contributed by atoms with Crippen LogP contribution in [0.1, 0.15) is 47.0 Å². The molecule has 0 spiro atoms. The van der Waals surface area contributed by atoms with E-state index in [4.69, 9.17) is 23.4 Å². The van der Waals surface area contributed by atoms with Crippen molar-refractivity contribution in [3.63, 3.8) is 0 Å². The van der Waals surface area contributed by atoms with Gasteiger partial charge in [0, 0.05) is 13.2 Å². The Balaban J connectivity index is 1.83. The molecule has 3 saturated heterocycles. The fraction of sp³-hybridized carbons (Fsp3) is 0.818. The Labute approximate surface area is 180 Å². The minimum atomic E-state index is -2.08. The molecular weight excluding hydrogens is 404 g/mol. The molecule has 0 saturated carbocycles. The van der Waals surface area contributed by atoms with Crippen LogP contribution >= 0.6 is 0 Å². The molecular formula is C22H36O7Si. The third-order valence-electron chi connectivity index (χ3n) is 6.76. The average Bonchev–Trinajstić information content (AvgIpc) is 3.30. The van der Waals surface area contributed by atoms with Gasteiger partial charge >= 0.3 is 5.97 Å². The van der Waals surface area contributed by atoms with Gasteiger partial charge in [0.05, 0.1) is 12.0 Å². The molecule has 0 N–H and O–H groups in total. The molecule has 30 heavy (non-hydrogen) atoms. The van der Waals surface area contributed by atoms with Gasteiger partial charge in [0.1, 0.15) is 12.7 Å². The first-order valence-electron chi connectivity index (χ1n) is 11.0. The van der Waals surface area contributed by atoms with E-state index in [-0.39, 0.29) is 30.5 Å². The van der Waals surface area contributed by atoms with E-state index in [0.717, 1.165) is 12.8 Å². The second kappa shape index (κ2) is 8.82. The molecule has 0 aromatic heterocycles. The zero-order valence-electron chi connectivity index (χ0n) is 19.1. The topological polar surface area (TPSA) is 83.6 Å². The molecule has 0 radical (unpaired) electrons. The number of hydrogen-bond acceptors (Lipinski definition) is 7. The molecule has 3 rings (SSSR count). The predicted molar refractivity (Wildman–Crippen MR) is 113 cm³/mol. The van der Waals surface area contributed by atoms with E-state index in [0.29, 0.717) is 13.0 Å². The molecule has 0 aliphatic carbocycles. The summed E-state index contributed by atoms with van der Waals surface area (Å²) in [4.78, 5) is 26.3. The molecule has 0 aromatic carbocycles. The van der Waals surface area contributed by atoms with Gasteiger partial charge in [-0.15, -0.1) is 0 Å². The Morgan fingerprint density at radius 3 is 2.57 bits per heavy atom. The smallest absolute Gasteiger partial charge is 0.347 e. The minimum Gasteiger partial charge on any atom is -0.463 e. The second-order valence-corrected chi connectivity index (χ2v) is 14.9. The van der Waals surface area contributed by atoms with Gasteiger partial charge in [-0.2, -0.15) is 0 Å². The summed E-state index contributed by atoms with van der Waals surface area (Å²) in [5.41, 5.74) is -1.74. The summed E-state index contributed by atoms with van der Waals surface area (Å²) in [5.74, 6) is -1.61. The Kier molecular flexibility index (Phi) is 6.94. The summed E-state index contributed by atoms with van der Waals surface area (Å²) in [6.45, 7) is 13.6. The average molecular weight is 441 g/mol. The lowest BCUT2D eigenvalue weighted by molar-refractivity contribution is -0.228. The van der Waals surface area contributed by atoms with Crippen molar-refractivity contribution in [1.82, 2.24) is 0 Å². The third kappa shape index (κ3) is 4.88. The largest absolute Gasteiger partial charge is 0.463 e. The summed E-state index contributed by atoms with van der Waals surface area (Å²) >= 11 is 0. The SMILES string of the molecule is C[C@H]1O[C@H]1/C=C/C(=O)[C@]1(OC2CCCCO2)C(=O)OC[C@@H]1CO[Si](C)(C)C(C)(C)C. The van der Waals surface area contributed by atoms with Crippen molar-refractivity contribution < 1.29 is 33.0 Å². The van der Waals surface area contributed by atoms with E-state index in [9.17, 15) is 9.59 Å². The molecule has 7 nitrogen and oxygen atoms in total. The van der Waals surface area contributed by atoms with E-state index in [1.54, 1.807) is 6.08 Å². The highest BCUT2D eigenvalue weighted by Gasteiger charge is 2.60. The van der Waals surface area contributed by atoms with Crippen molar-refractivity contribution in [1.29, 1.82) is 0 Å². The fourth-order valence-corrected chi connectivity index (χ4v) is 4.54. The number of epoxide rings is 1. The van der Waals surface area contributed by atoms with Crippen LogP contribution in [0.25, 0.3) is 0 Å². The summed E-state index contributed by atoms with van der Waals surface area (Å²) in [6.07, 6.45) is 4.99. The summed E-state index contributed by atoms with van der Waals surface area (Å²) in [6, 6.07) is 0. The molecule has 1 unspecified atom stereocenters. The monoisotopic (exact) mass is 440 g/mol. The maximum Gasteiger partial charge on any atom is 0.347 e. The number of cyclic esters (lactones) is 1. The highest BCUT2D eigenvalue weighted by molar-refractivity contribution is 6.74. The van der Waals surface area contributed by atoms with Crippen LogP contribution in [0.3, 0.4) is 0 Å². The second-order valence-electron chi connectivity index (χ2n) is 10.0. The Morgan fingerprint density at radius 2 is 2.00 bits per heavy atom. The van der Waals surface area contributed by atoms with Gasteiger partial charge in [0.15, 0.2) is 20.4 Å². The molecule has 170 valence electrons. The third-order valence-corrected chi connectivity index (χ3v) is 11.3. The first-order valence-corrected chi connectivity index (χ1v) is 13.9. The molecule has 3 aliphatic rings. The molecule has 0 aromatic rings. The van der Waals surface area contributed by atoms with Crippen molar-refractivity contribution in [2.24, 2.45) is 5.92 Å². The number of carbonyl (C=O) groups excluding carboxylic acids is 2. The Hall–Kier alpha value is -1.06. The zero-order chi connectivity index (χ0) is 22.2. The van der Waals surface area contributed by atoms with E-state index < -0.39 is 37.9 Å². The van der Waals surface area contributed by atoms with E-state index >= 15 is 0 Å². The van der Waals surface area contributed by atoms with Gasteiger partial charge in [0.25, 0.3) is 0 Å². The van der Waals surface area contributed by atoms with Crippen molar-refractivity contribution in [3.05, 3.63) is 12.2 Å². The van der Waals surface area contributed by atoms with Crippen LogP contribution in [0.2, 0.25) is 18.1 Å². The molecule has 3 fully saturated rings. The molecule has 0 amide bonds. The maximum absolute atomic E-state index is 13.4. The van der Waals surface area contributed by atoms with Gasteiger partial charge in [-0.25, -0.2) is 4.79 Å². The summed E-state index contributed by atoms with van der Waals surface area (Å²) < 4.78 is 28.9. The van der Waals surface area contributed by atoms with Gasteiger partial charge in [-0.3, -0.25) is 4.79 Å². The molecule has 3 aliphatic heterocycles. The normalized spacial score (nSPS) is 34.9. The number of esters is 1. The van der Waals surface area contributed by atoms with E-state index in [1.807, 2.05) is 6.92 Å². The lowest BCUT2D eigenvalue weighted by Gasteiger charge is -2.39. The first-order chi connectivity index (χ1) is 14.0. The van der Waals surface area contributed by atoms with Gasteiger partial charge in [-0.05, 0) is 56.5 Å². The van der Waals surface area contributed by atoms with Crippen LogP contribution in [-0.4, -0.2) is 64.0 Å². The highest BCUT2D eigenvalue weighted by Crippen LogP contribution is 2.40. The molecule has 8 heteroatoms. The fourth-order valence-electron chi connectivity index (χ4n) is 3.48. The van der Waals surface area contributed by atoms with Crippen LogP contribution in [0.4, 0.5) is 0 Å².